The van der Waals surface area contributed by atoms with Crippen molar-refractivity contribution in [2.24, 2.45) is 11.8 Å². The molecule has 2 rings (SSSR count). The van der Waals surface area contributed by atoms with Gasteiger partial charge in [0.05, 0.1) is 0 Å². The van der Waals surface area contributed by atoms with Gasteiger partial charge >= 0.3 is 0 Å². The van der Waals surface area contributed by atoms with Crippen molar-refractivity contribution in [3.05, 3.63) is 29.8 Å². The molecule has 140 valence electrons. The molecule has 0 aromatic heterocycles. The van der Waals surface area contributed by atoms with Gasteiger partial charge < -0.3 is 15.0 Å². The quantitative estimate of drug-likeness (QED) is 0.731. The lowest BCUT2D eigenvalue weighted by Crippen LogP contribution is -2.41. The molecule has 0 radical (unpaired) electrons. The number of amides is 1. The van der Waals surface area contributed by atoms with E-state index in [0.717, 1.165) is 36.1 Å². The predicted molar refractivity (Wildman–Crippen MR) is 103 cm³/mol. The van der Waals surface area contributed by atoms with E-state index in [4.69, 9.17) is 4.74 Å². The molecule has 4 nitrogen and oxygen atoms in total. The SMILES string of the molecule is CC[C@@H](Oc1cccc(C)c1)C(=O)NCCCN1C[C@H](C)C[C@@H](C)C1. The van der Waals surface area contributed by atoms with Crippen LogP contribution >= 0.6 is 0 Å². The van der Waals surface area contributed by atoms with Crippen LogP contribution in [-0.2, 0) is 4.79 Å². The average molecular weight is 347 g/mol. The number of hydrogen-bond donors (Lipinski definition) is 1. The van der Waals surface area contributed by atoms with Crippen LogP contribution in [0.3, 0.4) is 0 Å². The summed E-state index contributed by atoms with van der Waals surface area (Å²) in [6.07, 6.45) is 2.58. The second-order valence-electron chi connectivity index (χ2n) is 7.68. The van der Waals surface area contributed by atoms with Crippen LogP contribution in [0.4, 0.5) is 0 Å². The van der Waals surface area contributed by atoms with Crippen LogP contribution in [0.1, 0.15) is 45.6 Å². The van der Waals surface area contributed by atoms with Gasteiger partial charge in [-0.25, -0.2) is 0 Å². The molecule has 1 heterocycles. The summed E-state index contributed by atoms with van der Waals surface area (Å²) < 4.78 is 5.86. The van der Waals surface area contributed by atoms with E-state index in [1.54, 1.807) is 0 Å². The molecule has 4 heteroatoms. The van der Waals surface area contributed by atoms with Crippen LogP contribution in [0.25, 0.3) is 0 Å². The molecular formula is C21H34N2O2. The first kappa shape index (κ1) is 19.8. The standard InChI is InChI=1S/C21H34N2O2/c1-5-20(25-19-9-6-8-16(2)13-19)21(24)22-10-7-11-23-14-17(3)12-18(4)15-23/h6,8-9,13,17-18,20H,5,7,10-12,14-15H2,1-4H3,(H,22,24)/t17-,18-,20-/m1/s1. The van der Waals surface area contributed by atoms with Crippen LogP contribution in [0.2, 0.25) is 0 Å². The van der Waals surface area contributed by atoms with E-state index >= 15 is 0 Å². The monoisotopic (exact) mass is 346 g/mol. The minimum absolute atomic E-state index is 0.00983. The van der Waals surface area contributed by atoms with Gasteiger partial charge in [0, 0.05) is 19.6 Å². The Bertz CT molecular complexity index is 536. The Morgan fingerprint density at radius 1 is 1.32 bits per heavy atom. The number of piperidine rings is 1. The molecule has 1 aliphatic rings. The molecule has 0 bridgehead atoms. The average Bonchev–Trinajstić information content (AvgIpc) is 2.55. The third-order valence-corrected chi connectivity index (χ3v) is 4.83. The molecule has 1 aromatic carbocycles. The second kappa shape index (κ2) is 9.81. The summed E-state index contributed by atoms with van der Waals surface area (Å²) in [5.41, 5.74) is 1.14. The van der Waals surface area contributed by atoms with Gasteiger partial charge in [-0.15, -0.1) is 0 Å². The number of nitrogens with zero attached hydrogens (tertiary/aromatic N) is 1. The first-order chi connectivity index (χ1) is 12.0. The zero-order valence-electron chi connectivity index (χ0n) is 16.3. The minimum Gasteiger partial charge on any atom is -0.481 e. The zero-order chi connectivity index (χ0) is 18.2. The molecule has 1 amide bonds. The Balaban J connectivity index is 1.71. The Morgan fingerprint density at radius 3 is 2.68 bits per heavy atom. The highest BCUT2D eigenvalue weighted by Crippen LogP contribution is 2.20. The highest BCUT2D eigenvalue weighted by Gasteiger charge is 2.21. The number of nitrogens with one attached hydrogen (secondary N) is 1. The summed E-state index contributed by atoms with van der Waals surface area (Å²) >= 11 is 0. The molecular weight excluding hydrogens is 312 g/mol. The first-order valence-electron chi connectivity index (χ1n) is 9.71. The molecule has 1 aliphatic heterocycles. The predicted octanol–water partition coefficient (Wildman–Crippen LogP) is 3.64. The first-order valence-corrected chi connectivity index (χ1v) is 9.71. The summed E-state index contributed by atoms with van der Waals surface area (Å²) in [6.45, 7) is 12.8. The highest BCUT2D eigenvalue weighted by atomic mass is 16.5. The van der Waals surface area contributed by atoms with Gasteiger partial charge in [-0.3, -0.25) is 4.79 Å². The topological polar surface area (TPSA) is 41.6 Å². The molecule has 0 saturated carbocycles. The fourth-order valence-corrected chi connectivity index (χ4v) is 3.78. The van der Waals surface area contributed by atoms with Crippen LogP contribution in [0, 0.1) is 18.8 Å². The van der Waals surface area contributed by atoms with Crippen molar-refractivity contribution in [2.75, 3.05) is 26.2 Å². The lowest BCUT2D eigenvalue weighted by Gasteiger charge is -2.35. The van der Waals surface area contributed by atoms with Gasteiger partial charge in [0.1, 0.15) is 5.75 Å². The molecule has 1 fully saturated rings. The molecule has 1 N–H and O–H groups in total. The van der Waals surface area contributed by atoms with E-state index in [0.29, 0.717) is 13.0 Å². The van der Waals surface area contributed by atoms with Crippen molar-refractivity contribution < 1.29 is 9.53 Å². The van der Waals surface area contributed by atoms with Crippen LogP contribution in [0.15, 0.2) is 24.3 Å². The number of ether oxygens (including phenoxy) is 1. The van der Waals surface area contributed by atoms with Gasteiger partial charge in [0.25, 0.3) is 5.91 Å². The number of likely N-dealkylation sites (tertiary alicyclic amines) is 1. The van der Waals surface area contributed by atoms with Crippen molar-refractivity contribution in [1.29, 1.82) is 0 Å². The van der Waals surface area contributed by atoms with Crippen LogP contribution in [0.5, 0.6) is 5.75 Å². The Hall–Kier alpha value is -1.55. The normalized spacial score (nSPS) is 22.4. The van der Waals surface area contributed by atoms with E-state index in [-0.39, 0.29) is 5.91 Å². The summed E-state index contributed by atoms with van der Waals surface area (Å²) in [7, 11) is 0. The maximum absolute atomic E-state index is 12.4. The second-order valence-corrected chi connectivity index (χ2v) is 7.68. The van der Waals surface area contributed by atoms with Gasteiger partial charge in [-0.2, -0.15) is 0 Å². The number of rotatable bonds is 8. The Morgan fingerprint density at radius 2 is 2.04 bits per heavy atom. The van der Waals surface area contributed by atoms with Gasteiger partial charge in [0.2, 0.25) is 0 Å². The fourth-order valence-electron chi connectivity index (χ4n) is 3.78. The summed E-state index contributed by atoms with van der Waals surface area (Å²) in [6, 6.07) is 7.85. The number of aryl methyl sites for hydroxylation is 1. The molecule has 25 heavy (non-hydrogen) atoms. The summed E-state index contributed by atoms with van der Waals surface area (Å²) in [5.74, 6) is 2.32. The number of hydrogen-bond acceptors (Lipinski definition) is 3. The molecule has 1 saturated heterocycles. The maximum atomic E-state index is 12.4. The molecule has 0 spiro atoms. The van der Waals surface area contributed by atoms with E-state index in [9.17, 15) is 4.79 Å². The molecule has 1 aromatic rings. The molecule has 0 aliphatic carbocycles. The van der Waals surface area contributed by atoms with Gasteiger partial charge in [-0.1, -0.05) is 32.9 Å². The van der Waals surface area contributed by atoms with Gasteiger partial charge in [0.15, 0.2) is 6.10 Å². The fraction of sp³-hybridized carbons (Fsp3) is 0.667. The summed E-state index contributed by atoms with van der Waals surface area (Å²) in [5, 5.41) is 3.04. The van der Waals surface area contributed by atoms with Crippen molar-refractivity contribution >= 4 is 5.91 Å². The smallest absolute Gasteiger partial charge is 0.261 e. The molecule has 0 unspecified atom stereocenters. The largest absolute Gasteiger partial charge is 0.481 e. The van der Waals surface area contributed by atoms with Crippen molar-refractivity contribution in [3.63, 3.8) is 0 Å². The Kier molecular flexibility index (Phi) is 7.76. The van der Waals surface area contributed by atoms with Crippen molar-refractivity contribution in [1.82, 2.24) is 10.2 Å². The van der Waals surface area contributed by atoms with Crippen LogP contribution in [-0.4, -0.2) is 43.1 Å². The Labute approximate surface area is 152 Å². The highest BCUT2D eigenvalue weighted by molar-refractivity contribution is 5.81. The lowest BCUT2D eigenvalue weighted by atomic mass is 9.92. The van der Waals surface area contributed by atoms with E-state index in [1.165, 1.54) is 19.5 Å². The van der Waals surface area contributed by atoms with Crippen molar-refractivity contribution in [3.8, 4) is 5.75 Å². The van der Waals surface area contributed by atoms with E-state index in [2.05, 4.69) is 24.1 Å². The number of benzene rings is 1. The van der Waals surface area contributed by atoms with Crippen molar-refractivity contribution in [2.45, 2.75) is 53.1 Å². The van der Waals surface area contributed by atoms with Crippen LogP contribution < -0.4 is 10.1 Å². The molecule has 3 atom stereocenters. The summed E-state index contributed by atoms with van der Waals surface area (Å²) in [4.78, 5) is 14.9. The maximum Gasteiger partial charge on any atom is 0.261 e. The third kappa shape index (κ3) is 6.69. The number of carbonyl (C=O) groups is 1. The zero-order valence-corrected chi connectivity index (χ0v) is 16.3. The van der Waals surface area contributed by atoms with Gasteiger partial charge in [-0.05, 0) is 62.3 Å². The van der Waals surface area contributed by atoms with E-state index < -0.39 is 6.10 Å². The lowest BCUT2D eigenvalue weighted by molar-refractivity contribution is -0.128. The number of carbonyl (C=O) groups excluding carboxylic acids is 1. The van der Waals surface area contributed by atoms with E-state index in [1.807, 2.05) is 38.1 Å². The third-order valence-electron chi connectivity index (χ3n) is 4.83. The minimum atomic E-state index is -0.420.